The summed E-state index contributed by atoms with van der Waals surface area (Å²) in [5.74, 6) is -0.275. The average molecular weight is 282 g/mol. The molecule has 0 spiro atoms. The van der Waals surface area contributed by atoms with Gasteiger partial charge in [-0.2, -0.15) is 0 Å². The first kappa shape index (κ1) is 13.2. The zero-order chi connectivity index (χ0) is 14.0. The van der Waals surface area contributed by atoms with E-state index in [1.54, 1.807) is 17.0 Å². The Bertz CT molecular complexity index is 625. The van der Waals surface area contributed by atoms with Crippen molar-refractivity contribution < 1.29 is 14.6 Å². The summed E-state index contributed by atoms with van der Waals surface area (Å²) in [7, 11) is 3.23. The average Bonchev–Trinajstić information content (AvgIpc) is 2.77. The molecule has 1 aromatic heterocycles. The monoisotopic (exact) mass is 281 g/mol. The van der Waals surface area contributed by atoms with Crippen LogP contribution < -0.4 is 10.1 Å². The number of carbonyl (C=O) groups is 1. The number of hydrogen-bond donors (Lipinski definition) is 2. The van der Waals surface area contributed by atoms with E-state index >= 15 is 0 Å². The molecular weight excluding hydrogens is 270 g/mol. The highest BCUT2D eigenvalue weighted by Gasteiger charge is 2.15. The molecule has 0 atom stereocenters. The molecule has 0 radical (unpaired) electrons. The maximum atomic E-state index is 11.0. The van der Waals surface area contributed by atoms with Crippen molar-refractivity contribution in [3.63, 3.8) is 0 Å². The summed E-state index contributed by atoms with van der Waals surface area (Å²) < 4.78 is 6.82. The number of aromatic nitrogens is 2. The molecule has 0 unspecified atom stereocenters. The van der Waals surface area contributed by atoms with Crippen LogP contribution in [-0.2, 0) is 7.05 Å². The standard InChI is InChI=1S/C12H12ClN3O3/c1-16-4-3-14-12(16)15-9-6-10(19-2)7(11(17)18)5-8(9)13/h3-6H,1-2H3,(H,14,15)(H,17,18). The molecule has 7 heteroatoms. The molecule has 2 rings (SSSR count). The van der Waals surface area contributed by atoms with Gasteiger partial charge in [0.05, 0.1) is 17.8 Å². The number of nitrogens with zero attached hydrogens (tertiary/aromatic N) is 2. The van der Waals surface area contributed by atoms with Crippen molar-refractivity contribution in [1.29, 1.82) is 0 Å². The number of halogens is 1. The van der Waals surface area contributed by atoms with Crippen molar-refractivity contribution in [2.75, 3.05) is 12.4 Å². The van der Waals surface area contributed by atoms with Crippen LogP contribution in [0, 0.1) is 0 Å². The van der Waals surface area contributed by atoms with Crippen LogP contribution in [0.4, 0.5) is 11.6 Å². The number of carboxylic acids is 1. The maximum Gasteiger partial charge on any atom is 0.339 e. The van der Waals surface area contributed by atoms with Gasteiger partial charge in [-0.25, -0.2) is 9.78 Å². The van der Waals surface area contributed by atoms with Crippen molar-refractivity contribution in [3.8, 4) is 5.75 Å². The lowest BCUT2D eigenvalue weighted by molar-refractivity contribution is 0.0693. The van der Waals surface area contributed by atoms with E-state index in [2.05, 4.69) is 10.3 Å². The van der Waals surface area contributed by atoms with Crippen LogP contribution in [0.5, 0.6) is 5.75 Å². The summed E-state index contributed by atoms with van der Waals surface area (Å²) in [5.41, 5.74) is 0.538. The van der Waals surface area contributed by atoms with Gasteiger partial charge in [0, 0.05) is 25.5 Å². The summed E-state index contributed by atoms with van der Waals surface area (Å²) in [6, 6.07) is 2.87. The van der Waals surface area contributed by atoms with Gasteiger partial charge in [-0.3, -0.25) is 0 Å². The normalized spacial score (nSPS) is 10.3. The third-order valence-electron chi connectivity index (χ3n) is 2.59. The molecule has 0 saturated carbocycles. The SMILES string of the molecule is COc1cc(Nc2nccn2C)c(Cl)cc1C(=O)O. The van der Waals surface area contributed by atoms with Crippen molar-refractivity contribution in [2.45, 2.75) is 0 Å². The molecule has 0 saturated heterocycles. The summed E-state index contributed by atoms with van der Waals surface area (Å²) in [6.45, 7) is 0. The number of methoxy groups -OCH3 is 1. The number of aryl methyl sites for hydroxylation is 1. The minimum Gasteiger partial charge on any atom is -0.496 e. The number of ether oxygens (including phenoxy) is 1. The molecule has 2 N–H and O–H groups in total. The van der Waals surface area contributed by atoms with Crippen LogP contribution in [-0.4, -0.2) is 27.7 Å². The van der Waals surface area contributed by atoms with Gasteiger partial charge >= 0.3 is 5.97 Å². The predicted octanol–water partition coefficient (Wildman–Crippen LogP) is 2.52. The molecule has 100 valence electrons. The van der Waals surface area contributed by atoms with E-state index in [9.17, 15) is 4.79 Å². The molecule has 0 amide bonds. The third-order valence-corrected chi connectivity index (χ3v) is 2.90. The van der Waals surface area contributed by atoms with Crippen LogP contribution in [0.15, 0.2) is 24.5 Å². The summed E-state index contributed by atoms with van der Waals surface area (Å²) in [6.07, 6.45) is 3.41. The smallest absolute Gasteiger partial charge is 0.339 e. The highest BCUT2D eigenvalue weighted by molar-refractivity contribution is 6.33. The van der Waals surface area contributed by atoms with Gasteiger partial charge in [0.25, 0.3) is 0 Å². The summed E-state index contributed by atoms with van der Waals surface area (Å²) >= 11 is 6.05. The van der Waals surface area contributed by atoms with Gasteiger partial charge in [0.2, 0.25) is 5.95 Å². The topological polar surface area (TPSA) is 76.4 Å². The van der Waals surface area contributed by atoms with Crippen LogP contribution in [0.3, 0.4) is 0 Å². The molecule has 6 nitrogen and oxygen atoms in total. The molecule has 1 aromatic carbocycles. The Balaban J connectivity index is 2.42. The molecule has 0 aliphatic carbocycles. The number of benzene rings is 1. The fourth-order valence-corrected chi connectivity index (χ4v) is 1.80. The fourth-order valence-electron chi connectivity index (χ4n) is 1.59. The van der Waals surface area contributed by atoms with E-state index in [0.29, 0.717) is 11.6 Å². The number of anilines is 2. The van der Waals surface area contributed by atoms with Gasteiger partial charge < -0.3 is 19.7 Å². The quantitative estimate of drug-likeness (QED) is 0.900. The van der Waals surface area contributed by atoms with E-state index in [4.69, 9.17) is 21.4 Å². The molecule has 0 fully saturated rings. The Hall–Kier alpha value is -2.21. The molecular formula is C12H12ClN3O3. The third kappa shape index (κ3) is 2.63. The largest absolute Gasteiger partial charge is 0.496 e. The number of aromatic carboxylic acids is 1. The van der Waals surface area contributed by atoms with E-state index in [0.717, 1.165) is 0 Å². The van der Waals surface area contributed by atoms with Gasteiger partial charge in [0.15, 0.2) is 0 Å². The lowest BCUT2D eigenvalue weighted by Gasteiger charge is -2.12. The summed E-state index contributed by atoms with van der Waals surface area (Å²) in [4.78, 5) is 15.1. The molecule has 19 heavy (non-hydrogen) atoms. The van der Waals surface area contributed by atoms with Crippen molar-refractivity contribution in [3.05, 3.63) is 35.1 Å². The zero-order valence-electron chi connectivity index (χ0n) is 10.3. The van der Waals surface area contributed by atoms with Crippen molar-refractivity contribution in [1.82, 2.24) is 9.55 Å². The van der Waals surface area contributed by atoms with Crippen molar-refractivity contribution in [2.24, 2.45) is 7.05 Å². The number of rotatable bonds is 4. The highest BCUT2D eigenvalue weighted by atomic mass is 35.5. The Morgan fingerprint density at radius 3 is 2.79 bits per heavy atom. The first-order valence-electron chi connectivity index (χ1n) is 5.38. The predicted molar refractivity (Wildman–Crippen MR) is 71.5 cm³/mol. The van der Waals surface area contributed by atoms with Gasteiger partial charge in [-0.1, -0.05) is 11.6 Å². The minimum atomic E-state index is -1.10. The second-order valence-corrected chi connectivity index (χ2v) is 4.23. The van der Waals surface area contributed by atoms with Gasteiger partial charge in [-0.15, -0.1) is 0 Å². The Morgan fingerprint density at radius 1 is 1.53 bits per heavy atom. The number of hydrogen-bond acceptors (Lipinski definition) is 4. The lowest BCUT2D eigenvalue weighted by atomic mass is 10.2. The van der Waals surface area contributed by atoms with Crippen LogP contribution in [0.2, 0.25) is 5.02 Å². The maximum absolute atomic E-state index is 11.0. The van der Waals surface area contributed by atoms with Crippen LogP contribution in [0.1, 0.15) is 10.4 Å². The van der Waals surface area contributed by atoms with Gasteiger partial charge in [-0.05, 0) is 6.07 Å². The Kier molecular flexibility index (Phi) is 3.62. The van der Waals surface area contributed by atoms with Crippen molar-refractivity contribution >= 4 is 29.2 Å². The zero-order valence-corrected chi connectivity index (χ0v) is 11.1. The van der Waals surface area contributed by atoms with Gasteiger partial charge in [0.1, 0.15) is 11.3 Å². The molecule has 0 bridgehead atoms. The highest BCUT2D eigenvalue weighted by Crippen LogP contribution is 2.32. The van der Waals surface area contributed by atoms with Crippen LogP contribution >= 0.6 is 11.6 Å². The lowest BCUT2D eigenvalue weighted by Crippen LogP contribution is -2.04. The first-order valence-corrected chi connectivity index (χ1v) is 5.76. The second-order valence-electron chi connectivity index (χ2n) is 3.82. The Labute approximate surface area is 114 Å². The van der Waals surface area contributed by atoms with Crippen LogP contribution in [0.25, 0.3) is 0 Å². The fraction of sp³-hybridized carbons (Fsp3) is 0.167. The molecule has 0 aliphatic rings. The number of carboxylic acid groups (broad SMARTS) is 1. The van der Waals surface area contributed by atoms with E-state index in [1.807, 2.05) is 7.05 Å². The first-order chi connectivity index (χ1) is 9.02. The minimum absolute atomic E-state index is 0.0119. The van der Waals surface area contributed by atoms with E-state index in [1.165, 1.54) is 19.2 Å². The Morgan fingerprint density at radius 2 is 2.26 bits per heavy atom. The molecule has 1 heterocycles. The van der Waals surface area contributed by atoms with E-state index in [-0.39, 0.29) is 16.3 Å². The molecule has 0 aliphatic heterocycles. The van der Waals surface area contributed by atoms with E-state index < -0.39 is 5.97 Å². The second kappa shape index (κ2) is 5.19. The summed E-state index contributed by atoms with van der Waals surface area (Å²) in [5, 5.41) is 12.3. The number of nitrogens with one attached hydrogen (secondary N) is 1. The molecule has 2 aromatic rings. The number of imidazole rings is 1.